The van der Waals surface area contributed by atoms with Gasteiger partial charge in [0.15, 0.2) is 0 Å². The monoisotopic (exact) mass is 532 g/mol. The van der Waals surface area contributed by atoms with Gasteiger partial charge in [-0.15, -0.1) is 0 Å². The van der Waals surface area contributed by atoms with Crippen molar-refractivity contribution in [1.29, 1.82) is 0 Å². The van der Waals surface area contributed by atoms with Crippen molar-refractivity contribution in [2.75, 3.05) is 0 Å². The van der Waals surface area contributed by atoms with Gasteiger partial charge in [0.2, 0.25) is 6.71 Å². The van der Waals surface area contributed by atoms with Crippen LogP contribution in [0.1, 0.15) is 0 Å². The van der Waals surface area contributed by atoms with Crippen molar-refractivity contribution in [1.82, 2.24) is 9.13 Å². The fourth-order valence-electron chi connectivity index (χ4n) is 6.38. The maximum atomic E-state index is 2.42. The van der Waals surface area contributed by atoms with Crippen LogP contribution in [0.2, 0.25) is 0 Å². The van der Waals surface area contributed by atoms with Gasteiger partial charge in [-0.25, -0.2) is 0 Å². The second kappa shape index (κ2) is 8.22. The highest BCUT2D eigenvalue weighted by Gasteiger charge is 2.40. The van der Waals surface area contributed by atoms with Crippen LogP contribution in [0.5, 0.6) is 0 Å². The van der Waals surface area contributed by atoms with Gasteiger partial charge in [0.1, 0.15) is 0 Å². The Labute approximate surface area is 235 Å². The Kier molecular flexibility index (Phi) is 4.60. The topological polar surface area (TPSA) is 9.86 Å². The molecule has 2 nitrogen and oxygen atoms in total. The molecular weight excluding hydrogens is 511 g/mol. The van der Waals surface area contributed by atoms with E-state index in [1.165, 1.54) is 69.2 Å². The molecule has 2 aliphatic heterocycles. The molecule has 182 valence electrons. The molecule has 0 bridgehead atoms. The van der Waals surface area contributed by atoms with Crippen LogP contribution >= 0.6 is 23.5 Å². The molecule has 0 N–H and O–H groups in total. The minimum Gasteiger partial charge on any atom is -0.315 e. The molecule has 5 heteroatoms. The molecule has 7 aromatic rings. The van der Waals surface area contributed by atoms with E-state index in [1.807, 2.05) is 23.5 Å². The number of nitrogens with zero attached hydrogens (tertiary/aromatic N) is 2. The molecule has 2 aliphatic rings. The zero-order valence-electron chi connectivity index (χ0n) is 20.9. The predicted molar refractivity (Wildman–Crippen MR) is 166 cm³/mol. The fraction of sp³-hybridized carbons (Fsp3) is 0. The Morgan fingerprint density at radius 2 is 0.949 bits per heavy atom. The summed E-state index contributed by atoms with van der Waals surface area (Å²) in [7, 11) is 0. The highest BCUT2D eigenvalue weighted by Crippen LogP contribution is 2.45. The summed E-state index contributed by atoms with van der Waals surface area (Å²) in [6.07, 6.45) is 4.47. The number of hydrogen-bond donors (Lipinski definition) is 0. The van der Waals surface area contributed by atoms with Gasteiger partial charge in [0.05, 0.1) is 22.4 Å². The summed E-state index contributed by atoms with van der Waals surface area (Å²) in [5.41, 5.74) is 9.20. The molecular formula is C34H21BN2S2. The van der Waals surface area contributed by atoms with E-state index in [1.54, 1.807) is 0 Å². The number of hydrogen-bond acceptors (Lipinski definition) is 2. The molecule has 0 saturated carbocycles. The van der Waals surface area contributed by atoms with Crippen LogP contribution in [0.25, 0.3) is 33.2 Å². The summed E-state index contributed by atoms with van der Waals surface area (Å²) < 4.78 is 4.78. The molecule has 0 spiro atoms. The lowest BCUT2D eigenvalue weighted by atomic mass is 9.36. The Morgan fingerprint density at radius 1 is 0.487 bits per heavy atom. The highest BCUT2D eigenvalue weighted by atomic mass is 32.2. The van der Waals surface area contributed by atoms with Crippen LogP contribution < -0.4 is 16.4 Å². The van der Waals surface area contributed by atoms with Crippen molar-refractivity contribution < 1.29 is 0 Å². The van der Waals surface area contributed by atoms with Crippen molar-refractivity contribution in [3.05, 3.63) is 128 Å². The van der Waals surface area contributed by atoms with Crippen molar-refractivity contribution >= 4 is 68.4 Å². The first-order chi connectivity index (χ1) is 19.3. The molecule has 2 aromatic heterocycles. The first-order valence-electron chi connectivity index (χ1n) is 13.2. The molecule has 0 saturated heterocycles. The molecule has 0 aliphatic carbocycles. The minimum absolute atomic E-state index is 0.201. The minimum atomic E-state index is 0.201. The third-order valence-electron chi connectivity index (χ3n) is 8.12. The van der Waals surface area contributed by atoms with Crippen molar-refractivity contribution in [2.24, 2.45) is 0 Å². The van der Waals surface area contributed by atoms with E-state index >= 15 is 0 Å². The third-order valence-corrected chi connectivity index (χ3v) is 10.6. The molecule has 5 aromatic carbocycles. The third kappa shape index (κ3) is 3.09. The van der Waals surface area contributed by atoms with E-state index in [4.69, 9.17) is 0 Å². The molecule has 9 rings (SSSR count). The van der Waals surface area contributed by atoms with Gasteiger partial charge in [0, 0.05) is 32.0 Å². The van der Waals surface area contributed by atoms with Crippen LogP contribution in [0.4, 0.5) is 0 Å². The first-order valence-corrected chi connectivity index (χ1v) is 14.9. The van der Waals surface area contributed by atoms with Gasteiger partial charge < -0.3 is 9.13 Å². The number of fused-ring (bicyclic) bond motifs is 6. The fourth-order valence-corrected chi connectivity index (χ4v) is 8.97. The Bertz CT molecular complexity index is 1960. The van der Waals surface area contributed by atoms with Crippen molar-refractivity contribution in [3.63, 3.8) is 0 Å². The standard InChI is InChI=1S/C34H21BN2S2/c1-5-13-26-22(9-1)17-19-36(26)28-21-29(37-20-18-23-10-2-6-14-27(23)37)34-32-33(28)38-30-15-7-3-11-24(30)35(32)25-12-4-8-16-31(25)39-34/h1-21H. The zero-order valence-corrected chi connectivity index (χ0v) is 22.5. The summed E-state index contributed by atoms with van der Waals surface area (Å²) in [4.78, 5) is 5.41. The van der Waals surface area contributed by atoms with Crippen LogP contribution in [-0.2, 0) is 0 Å². The number of benzene rings is 5. The lowest BCUT2D eigenvalue weighted by molar-refractivity contribution is 1.03. The van der Waals surface area contributed by atoms with Crippen LogP contribution in [0, 0.1) is 0 Å². The van der Waals surface area contributed by atoms with Gasteiger partial charge in [-0.2, -0.15) is 0 Å². The van der Waals surface area contributed by atoms with Crippen molar-refractivity contribution in [2.45, 2.75) is 19.6 Å². The van der Waals surface area contributed by atoms with Crippen molar-refractivity contribution in [3.8, 4) is 11.4 Å². The van der Waals surface area contributed by atoms with Crippen LogP contribution in [-0.4, -0.2) is 15.8 Å². The maximum absolute atomic E-state index is 2.42. The molecule has 0 unspecified atom stereocenters. The first kappa shape index (κ1) is 21.8. The second-order valence-electron chi connectivity index (χ2n) is 10.2. The average molecular weight is 533 g/mol. The van der Waals surface area contributed by atoms with Gasteiger partial charge >= 0.3 is 0 Å². The largest absolute Gasteiger partial charge is 0.315 e. The summed E-state index contributed by atoms with van der Waals surface area (Å²) >= 11 is 3.85. The van der Waals surface area contributed by atoms with E-state index in [0.717, 1.165) is 0 Å². The summed E-state index contributed by atoms with van der Waals surface area (Å²) in [6, 6.07) is 42.2. The quantitative estimate of drug-likeness (QED) is 0.222. The zero-order chi connectivity index (χ0) is 25.5. The average Bonchev–Trinajstić information content (AvgIpc) is 3.62. The molecule has 4 heterocycles. The number of para-hydroxylation sites is 2. The van der Waals surface area contributed by atoms with Crippen LogP contribution in [0.3, 0.4) is 0 Å². The lowest BCUT2D eigenvalue weighted by Gasteiger charge is -2.35. The predicted octanol–water partition coefficient (Wildman–Crippen LogP) is 7.02. The Hall–Kier alpha value is -4.06. The van der Waals surface area contributed by atoms with Gasteiger partial charge in [-0.05, 0) is 58.7 Å². The van der Waals surface area contributed by atoms with E-state index in [0.29, 0.717) is 0 Å². The molecule has 0 radical (unpaired) electrons. The van der Waals surface area contributed by atoms with Crippen LogP contribution in [0.15, 0.2) is 147 Å². The lowest BCUT2D eigenvalue weighted by Crippen LogP contribution is -2.58. The smallest absolute Gasteiger partial charge is 0.247 e. The normalized spacial score (nSPS) is 13.4. The van der Waals surface area contributed by atoms with E-state index in [-0.39, 0.29) is 6.71 Å². The molecule has 39 heavy (non-hydrogen) atoms. The van der Waals surface area contributed by atoms with Gasteiger partial charge in [-0.3, -0.25) is 0 Å². The maximum Gasteiger partial charge on any atom is 0.247 e. The Balaban J connectivity index is 1.44. The summed E-state index contributed by atoms with van der Waals surface area (Å²) in [5.74, 6) is 0. The van der Waals surface area contributed by atoms with E-state index in [9.17, 15) is 0 Å². The molecule has 0 atom stereocenters. The molecule has 0 amide bonds. The SMILES string of the molecule is c1ccc2c(c1)Sc1c(-n3ccc4ccccc43)cc(-n3ccc4ccccc43)c3c1B2c1ccccc1S3. The Morgan fingerprint density at radius 3 is 1.49 bits per heavy atom. The summed E-state index contributed by atoms with van der Waals surface area (Å²) in [6.45, 7) is 0.201. The van der Waals surface area contributed by atoms with Gasteiger partial charge in [-0.1, -0.05) is 107 Å². The number of aromatic nitrogens is 2. The van der Waals surface area contributed by atoms with Gasteiger partial charge in [0.25, 0.3) is 0 Å². The number of rotatable bonds is 2. The van der Waals surface area contributed by atoms with E-state index in [2.05, 4.69) is 137 Å². The van der Waals surface area contributed by atoms with E-state index < -0.39 is 0 Å². The molecule has 0 fully saturated rings. The summed E-state index contributed by atoms with van der Waals surface area (Å²) in [5, 5.41) is 2.51. The highest BCUT2D eigenvalue weighted by molar-refractivity contribution is 8.01. The second-order valence-corrected chi connectivity index (χ2v) is 12.3.